The summed E-state index contributed by atoms with van der Waals surface area (Å²) < 4.78 is 22.4. The number of primary sulfonamides is 1. The molecule has 20 heavy (non-hydrogen) atoms. The maximum Gasteiger partial charge on any atom is 0.254 e. The second-order valence-electron chi connectivity index (χ2n) is 4.68. The molecular formula is C13H18N2O3S2. The zero-order chi connectivity index (χ0) is 14.8. The maximum absolute atomic E-state index is 12.4. The number of thioether (sulfide) groups is 1. The monoisotopic (exact) mass is 314 g/mol. The van der Waals surface area contributed by atoms with E-state index in [0.29, 0.717) is 5.56 Å². The number of rotatable bonds is 4. The largest absolute Gasteiger partial charge is 0.326 e. The Hall–Kier alpha value is -1.05. The lowest BCUT2D eigenvalue weighted by Gasteiger charge is -2.23. The van der Waals surface area contributed by atoms with Crippen molar-refractivity contribution < 1.29 is 13.2 Å². The first-order chi connectivity index (χ1) is 9.43. The van der Waals surface area contributed by atoms with Crippen LogP contribution in [0.4, 0.5) is 0 Å². The van der Waals surface area contributed by atoms with Crippen LogP contribution in [0.25, 0.3) is 0 Å². The third-order valence-electron chi connectivity index (χ3n) is 3.22. The lowest BCUT2D eigenvalue weighted by molar-refractivity contribution is 0.0756. The van der Waals surface area contributed by atoms with Gasteiger partial charge in [0.05, 0.1) is 10.3 Å². The summed E-state index contributed by atoms with van der Waals surface area (Å²) in [5, 5.41) is 5.27. The first kappa shape index (κ1) is 15.3. The molecule has 1 aliphatic rings. The molecule has 0 unspecified atom stereocenters. The van der Waals surface area contributed by atoms with Crippen molar-refractivity contribution in [3.63, 3.8) is 0 Å². The summed E-state index contributed by atoms with van der Waals surface area (Å²) in [5.74, 6) is 0.903. The molecule has 2 N–H and O–H groups in total. The molecule has 1 aliphatic heterocycles. The van der Waals surface area contributed by atoms with Gasteiger partial charge in [-0.15, -0.1) is 11.8 Å². The van der Waals surface area contributed by atoms with E-state index in [-0.39, 0.29) is 16.2 Å². The van der Waals surface area contributed by atoms with Crippen LogP contribution in [0.1, 0.15) is 30.1 Å². The standard InChI is InChI=1S/C13H18N2O3S2/c1-2-3-12-15(8-9-19-12)13(16)10-4-6-11(7-5-10)20(14,17)18/h4-7,12H,2-3,8-9H2,1H3,(H2,14,17,18)/t12-/m0/s1. The number of benzene rings is 1. The highest BCUT2D eigenvalue weighted by atomic mass is 32.2. The van der Waals surface area contributed by atoms with Crippen LogP contribution in [0.2, 0.25) is 0 Å². The van der Waals surface area contributed by atoms with Crippen LogP contribution in [0.5, 0.6) is 0 Å². The molecular weight excluding hydrogens is 296 g/mol. The molecule has 1 amide bonds. The zero-order valence-corrected chi connectivity index (χ0v) is 12.9. The van der Waals surface area contributed by atoms with Gasteiger partial charge in [-0.3, -0.25) is 4.79 Å². The van der Waals surface area contributed by atoms with Crippen LogP contribution >= 0.6 is 11.8 Å². The van der Waals surface area contributed by atoms with E-state index in [1.54, 1.807) is 11.8 Å². The Kier molecular flexibility index (Phi) is 4.72. The van der Waals surface area contributed by atoms with Crippen molar-refractivity contribution in [1.29, 1.82) is 0 Å². The third-order valence-corrected chi connectivity index (χ3v) is 5.44. The van der Waals surface area contributed by atoms with Gasteiger partial charge in [0.25, 0.3) is 5.91 Å². The van der Waals surface area contributed by atoms with Gasteiger partial charge in [0, 0.05) is 17.9 Å². The molecule has 0 spiro atoms. The van der Waals surface area contributed by atoms with E-state index in [0.717, 1.165) is 25.1 Å². The van der Waals surface area contributed by atoms with Gasteiger partial charge in [0.2, 0.25) is 10.0 Å². The van der Waals surface area contributed by atoms with E-state index in [1.807, 2.05) is 4.90 Å². The number of hydrogen-bond donors (Lipinski definition) is 1. The van der Waals surface area contributed by atoms with Crippen molar-refractivity contribution >= 4 is 27.7 Å². The Morgan fingerprint density at radius 1 is 1.40 bits per heavy atom. The fraction of sp³-hybridized carbons (Fsp3) is 0.462. The molecule has 0 saturated carbocycles. The molecule has 1 heterocycles. The number of nitrogens with two attached hydrogens (primary N) is 1. The van der Waals surface area contributed by atoms with E-state index in [2.05, 4.69) is 6.92 Å². The Balaban J connectivity index is 2.17. The fourth-order valence-electron chi connectivity index (χ4n) is 2.19. The molecule has 5 nitrogen and oxygen atoms in total. The minimum atomic E-state index is -3.71. The Morgan fingerprint density at radius 3 is 2.60 bits per heavy atom. The highest BCUT2D eigenvalue weighted by Gasteiger charge is 2.29. The van der Waals surface area contributed by atoms with Gasteiger partial charge < -0.3 is 4.90 Å². The smallest absolute Gasteiger partial charge is 0.254 e. The lowest BCUT2D eigenvalue weighted by atomic mass is 10.2. The quantitative estimate of drug-likeness (QED) is 0.916. The predicted molar refractivity (Wildman–Crippen MR) is 80.0 cm³/mol. The molecule has 1 atom stereocenters. The molecule has 0 aromatic heterocycles. The molecule has 0 radical (unpaired) electrons. The third kappa shape index (κ3) is 3.34. The van der Waals surface area contributed by atoms with E-state index in [1.165, 1.54) is 24.3 Å². The van der Waals surface area contributed by atoms with Gasteiger partial charge in [-0.1, -0.05) is 13.3 Å². The van der Waals surface area contributed by atoms with Crippen molar-refractivity contribution in [3.8, 4) is 0 Å². The average molecular weight is 314 g/mol. The SMILES string of the molecule is CCC[C@@H]1SCCN1C(=O)c1ccc(S(N)(=O)=O)cc1. The average Bonchev–Trinajstić information content (AvgIpc) is 2.86. The topological polar surface area (TPSA) is 80.5 Å². The number of carbonyl (C=O) groups excluding carboxylic acids is 1. The molecule has 1 aromatic carbocycles. The first-order valence-electron chi connectivity index (χ1n) is 6.49. The number of amides is 1. The zero-order valence-electron chi connectivity index (χ0n) is 11.3. The molecule has 1 saturated heterocycles. The summed E-state index contributed by atoms with van der Waals surface area (Å²) in [6.07, 6.45) is 2.01. The van der Waals surface area contributed by atoms with Crippen molar-refractivity contribution in [2.75, 3.05) is 12.3 Å². The van der Waals surface area contributed by atoms with Crippen molar-refractivity contribution in [2.45, 2.75) is 30.0 Å². The summed E-state index contributed by atoms with van der Waals surface area (Å²) in [7, 11) is -3.71. The van der Waals surface area contributed by atoms with Crippen molar-refractivity contribution in [1.82, 2.24) is 4.90 Å². The van der Waals surface area contributed by atoms with Gasteiger partial charge in [0.15, 0.2) is 0 Å². The highest BCUT2D eigenvalue weighted by Crippen LogP contribution is 2.28. The Bertz CT molecular complexity index is 584. The Labute approximate surface area is 123 Å². The molecule has 110 valence electrons. The molecule has 0 bridgehead atoms. The van der Waals surface area contributed by atoms with E-state index in [9.17, 15) is 13.2 Å². The number of carbonyl (C=O) groups is 1. The number of nitrogens with zero attached hydrogens (tertiary/aromatic N) is 1. The molecule has 0 aliphatic carbocycles. The molecule has 1 fully saturated rings. The summed E-state index contributed by atoms with van der Waals surface area (Å²) in [6, 6.07) is 5.79. The number of hydrogen-bond acceptors (Lipinski definition) is 4. The molecule has 7 heteroatoms. The lowest BCUT2D eigenvalue weighted by Crippen LogP contribution is -2.34. The van der Waals surface area contributed by atoms with Gasteiger partial charge in [0.1, 0.15) is 0 Å². The first-order valence-corrected chi connectivity index (χ1v) is 9.08. The van der Waals surface area contributed by atoms with Crippen molar-refractivity contribution in [2.24, 2.45) is 5.14 Å². The van der Waals surface area contributed by atoms with E-state index in [4.69, 9.17) is 5.14 Å². The normalized spacial score (nSPS) is 19.3. The molecule has 1 aromatic rings. The van der Waals surface area contributed by atoms with Crippen LogP contribution < -0.4 is 5.14 Å². The van der Waals surface area contributed by atoms with Crippen molar-refractivity contribution in [3.05, 3.63) is 29.8 Å². The van der Waals surface area contributed by atoms with Gasteiger partial charge in [-0.2, -0.15) is 0 Å². The van der Waals surface area contributed by atoms with Crippen LogP contribution in [-0.4, -0.2) is 36.9 Å². The van der Waals surface area contributed by atoms with E-state index >= 15 is 0 Å². The van der Waals surface area contributed by atoms with Gasteiger partial charge in [-0.25, -0.2) is 13.6 Å². The van der Waals surface area contributed by atoms with Crippen LogP contribution in [0, 0.1) is 0 Å². The number of sulfonamides is 1. The van der Waals surface area contributed by atoms with Gasteiger partial charge >= 0.3 is 0 Å². The van der Waals surface area contributed by atoms with Crippen LogP contribution in [-0.2, 0) is 10.0 Å². The van der Waals surface area contributed by atoms with E-state index < -0.39 is 10.0 Å². The summed E-state index contributed by atoms with van der Waals surface area (Å²) in [4.78, 5) is 14.3. The second-order valence-corrected chi connectivity index (χ2v) is 7.53. The predicted octanol–water partition coefficient (Wildman–Crippen LogP) is 1.65. The highest BCUT2D eigenvalue weighted by molar-refractivity contribution is 8.00. The Morgan fingerprint density at radius 2 is 2.05 bits per heavy atom. The molecule has 2 rings (SSSR count). The summed E-state index contributed by atoms with van der Waals surface area (Å²) >= 11 is 1.79. The van der Waals surface area contributed by atoms with Crippen LogP contribution in [0.3, 0.4) is 0 Å². The summed E-state index contributed by atoms with van der Waals surface area (Å²) in [5.41, 5.74) is 0.501. The minimum absolute atomic E-state index is 0.0231. The van der Waals surface area contributed by atoms with Gasteiger partial charge in [-0.05, 0) is 30.7 Å². The summed E-state index contributed by atoms with van der Waals surface area (Å²) in [6.45, 7) is 2.84. The second kappa shape index (κ2) is 6.15. The van der Waals surface area contributed by atoms with Crippen LogP contribution in [0.15, 0.2) is 29.2 Å². The minimum Gasteiger partial charge on any atom is -0.326 e. The maximum atomic E-state index is 12.4. The fourth-order valence-corrected chi connectivity index (χ4v) is 4.07.